The first kappa shape index (κ1) is 18.0. The van der Waals surface area contributed by atoms with Gasteiger partial charge >= 0.3 is 0 Å². The highest BCUT2D eigenvalue weighted by Gasteiger charge is 2.26. The second kappa shape index (κ2) is 8.12. The van der Waals surface area contributed by atoms with Gasteiger partial charge in [-0.2, -0.15) is 0 Å². The van der Waals surface area contributed by atoms with Crippen LogP contribution < -0.4 is 5.43 Å². The fraction of sp³-hybridized carbons (Fsp3) is 0.222. The number of aromatic amines is 1. The Hall–Kier alpha value is -2.36. The second-order valence-electron chi connectivity index (χ2n) is 5.92. The highest BCUT2D eigenvalue weighted by molar-refractivity contribution is 8.25. The predicted molar refractivity (Wildman–Crippen MR) is 111 cm³/mol. The second-order valence-corrected chi connectivity index (χ2v) is 8.69. The minimum atomic E-state index is 0.226. The largest absolute Gasteiger partial charge is 0.281 e. The number of hydrogen-bond acceptors (Lipinski definition) is 7. The van der Waals surface area contributed by atoms with Crippen LogP contribution in [0.25, 0.3) is 22.5 Å². The number of aromatic nitrogens is 4. The number of tetrazole rings is 1. The average molecular weight is 398 g/mol. The van der Waals surface area contributed by atoms with E-state index in [1.165, 1.54) is 0 Å². The van der Waals surface area contributed by atoms with E-state index in [0.29, 0.717) is 17.5 Å². The molecule has 0 aliphatic carbocycles. The first-order chi connectivity index (χ1) is 13.2. The number of hydrazine groups is 1. The molecule has 9 heteroatoms. The molecule has 1 saturated heterocycles. The number of amidine groups is 1. The van der Waals surface area contributed by atoms with E-state index in [2.05, 4.69) is 63.3 Å². The number of H-pyrrole nitrogens is 1. The van der Waals surface area contributed by atoms with Crippen molar-refractivity contribution in [2.45, 2.75) is 18.2 Å². The lowest BCUT2D eigenvalue weighted by Gasteiger charge is -2.18. The molecule has 4 rings (SSSR count). The molecular formula is C18H19N7S2. The number of rotatable bonds is 6. The van der Waals surface area contributed by atoms with Crippen molar-refractivity contribution in [3.05, 3.63) is 54.1 Å². The summed E-state index contributed by atoms with van der Waals surface area (Å²) >= 11 is 3.36. The first-order valence-corrected chi connectivity index (χ1v) is 10.5. The zero-order valence-electron chi connectivity index (χ0n) is 14.7. The zero-order valence-corrected chi connectivity index (χ0v) is 16.3. The molecule has 1 atom stereocenters. The van der Waals surface area contributed by atoms with E-state index in [4.69, 9.17) is 5.41 Å². The van der Waals surface area contributed by atoms with Crippen LogP contribution in [-0.4, -0.2) is 41.3 Å². The minimum Gasteiger partial charge on any atom is -0.281 e. The Balaban J connectivity index is 1.52. The van der Waals surface area contributed by atoms with Crippen molar-refractivity contribution in [1.29, 1.82) is 5.41 Å². The van der Waals surface area contributed by atoms with Crippen molar-refractivity contribution in [2.24, 2.45) is 0 Å². The summed E-state index contributed by atoms with van der Waals surface area (Å²) in [4.78, 5) is 0. The van der Waals surface area contributed by atoms with Crippen LogP contribution in [0.2, 0.25) is 0 Å². The van der Waals surface area contributed by atoms with E-state index in [0.717, 1.165) is 28.0 Å². The van der Waals surface area contributed by atoms with Gasteiger partial charge in [-0.15, -0.1) is 16.9 Å². The maximum absolute atomic E-state index is 8.14. The van der Waals surface area contributed by atoms with E-state index >= 15 is 0 Å². The summed E-state index contributed by atoms with van der Waals surface area (Å²) in [6, 6.07) is 16.5. The molecule has 1 aliphatic rings. The molecule has 1 aliphatic heterocycles. The van der Waals surface area contributed by atoms with Crippen molar-refractivity contribution >= 4 is 28.7 Å². The van der Waals surface area contributed by atoms with Gasteiger partial charge in [0.1, 0.15) is 4.71 Å². The van der Waals surface area contributed by atoms with Gasteiger partial charge in [-0.25, -0.2) is 10.5 Å². The van der Waals surface area contributed by atoms with Gasteiger partial charge in [0, 0.05) is 5.56 Å². The third-order valence-corrected chi connectivity index (χ3v) is 6.38. The Bertz CT molecular complexity index is 912. The van der Waals surface area contributed by atoms with Crippen LogP contribution in [0.5, 0.6) is 0 Å². The van der Waals surface area contributed by atoms with E-state index < -0.39 is 0 Å². The van der Waals surface area contributed by atoms with Gasteiger partial charge in [0.2, 0.25) is 0 Å². The first-order valence-electron chi connectivity index (χ1n) is 8.57. The highest BCUT2D eigenvalue weighted by atomic mass is 32.2. The standard InChI is InChI=1S/C18H19N7S2/c1-2-26-18-22-25(17(19)27-18)11-12-7-9-13(10-8-12)14-5-3-4-6-15(14)16-20-23-24-21-16/h3-10,18-19,22H,2,11H2,1H3,(H,20,21,23,24). The SMILES string of the molecule is CCSC1NN(Cc2ccc(-c3ccccc3-c3nnn[nH]3)cc2)C(=N)S1. The fourth-order valence-corrected chi connectivity index (χ4v) is 4.99. The molecule has 3 N–H and O–H groups in total. The minimum absolute atomic E-state index is 0.226. The smallest absolute Gasteiger partial charge is 0.180 e. The predicted octanol–water partition coefficient (Wildman–Crippen LogP) is 3.56. The molecule has 3 aromatic rings. The summed E-state index contributed by atoms with van der Waals surface area (Å²) in [6.07, 6.45) is 0. The van der Waals surface area contributed by atoms with Gasteiger partial charge in [-0.3, -0.25) is 10.4 Å². The van der Waals surface area contributed by atoms with Gasteiger partial charge in [0.05, 0.1) is 6.54 Å². The lowest BCUT2D eigenvalue weighted by Crippen LogP contribution is -2.35. The molecular weight excluding hydrogens is 378 g/mol. The normalized spacial score (nSPS) is 16.9. The Kier molecular flexibility index (Phi) is 5.42. The molecule has 27 heavy (non-hydrogen) atoms. The Morgan fingerprint density at radius 2 is 1.93 bits per heavy atom. The van der Waals surface area contributed by atoms with E-state index in [1.54, 1.807) is 11.8 Å². The molecule has 2 heterocycles. The lowest BCUT2D eigenvalue weighted by molar-refractivity contribution is 0.332. The van der Waals surface area contributed by atoms with Gasteiger partial charge in [0.15, 0.2) is 11.0 Å². The van der Waals surface area contributed by atoms with E-state index in [1.807, 2.05) is 35.0 Å². The Morgan fingerprint density at radius 3 is 2.63 bits per heavy atom. The molecule has 0 spiro atoms. The quantitative estimate of drug-likeness (QED) is 0.585. The van der Waals surface area contributed by atoms with E-state index in [9.17, 15) is 0 Å². The zero-order chi connectivity index (χ0) is 18.6. The Morgan fingerprint density at radius 1 is 1.15 bits per heavy atom. The summed E-state index contributed by atoms with van der Waals surface area (Å²) in [5.41, 5.74) is 7.66. The molecule has 1 fully saturated rings. The number of thioether (sulfide) groups is 2. The topological polar surface area (TPSA) is 93.6 Å². The molecule has 0 radical (unpaired) electrons. The molecule has 7 nitrogen and oxygen atoms in total. The average Bonchev–Trinajstić information content (AvgIpc) is 3.33. The summed E-state index contributed by atoms with van der Waals surface area (Å²) < 4.78 is 0.226. The van der Waals surface area contributed by atoms with Crippen LogP contribution in [0.1, 0.15) is 12.5 Å². The molecule has 1 aromatic heterocycles. The number of nitrogens with zero attached hydrogens (tertiary/aromatic N) is 4. The maximum Gasteiger partial charge on any atom is 0.180 e. The van der Waals surface area contributed by atoms with Crippen molar-refractivity contribution in [1.82, 2.24) is 31.1 Å². The van der Waals surface area contributed by atoms with Crippen LogP contribution in [0.15, 0.2) is 48.5 Å². The Labute approximate surface area is 165 Å². The van der Waals surface area contributed by atoms with Crippen molar-refractivity contribution in [3.8, 4) is 22.5 Å². The van der Waals surface area contributed by atoms with Crippen LogP contribution in [0.4, 0.5) is 0 Å². The molecule has 0 bridgehead atoms. The van der Waals surface area contributed by atoms with Crippen LogP contribution in [-0.2, 0) is 6.54 Å². The van der Waals surface area contributed by atoms with Crippen LogP contribution >= 0.6 is 23.5 Å². The highest BCUT2D eigenvalue weighted by Crippen LogP contribution is 2.31. The van der Waals surface area contributed by atoms with Gasteiger partial charge in [-0.05, 0) is 32.9 Å². The monoisotopic (exact) mass is 397 g/mol. The van der Waals surface area contributed by atoms with Crippen molar-refractivity contribution in [2.75, 3.05) is 5.75 Å². The summed E-state index contributed by atoms with van der Waals surface area (Å²) in [6.45, 7) is 2.80. The van der Waals surface area contributed by atoms with Crippen molar-refractivity contribution in [3.63, 3.8) is 0 Å². The summed E-state index contributed by atoms with van der Waals surface area (Å²) in [7, 11) is 0. The van der Waals surface area contributed by atoms with Gasteiger partial charge in [-0.1, -0.05) is 67.2 Å². The number of hydrogen-bond donors (Lipinski definition) is 3. The fourth-order valence-electron chi connectivity index (χ4n) is 2.90. The third kappa shape index (κ3) is 4.00. The van der Waals surface area contributed by atoms with Gasteiger partial charge in [0.25, 0.3) is 0 Å². The molecule has 2 aromatic carbocycles. The number of nitrogens with one attached hydrogen (secondary N) is 3. The molecule has 138 valence electrons. The van der Waals surface area contributed by atoms with Crippen LogP contribution in [0.3, 0.4) is 0 Å². The lowest BCUT2D eigenvalue weighted by atomic mass is 9.98. The summed E-state index contributed by atoms with van der Waals surface area (Å²) in [5.74, 6) is 1.68. The summed E-state index contributed by atoms with van der Waals surface area (Å²) in [5, 5.41) is 24.8. The molecule has 0 saturated carbocycles. The molecule has 0 amide bonds. The number of benzene rings is 2. The van der Waals surface area contributed by atoms with Gasteiger partial charge < -0.3 is 0 Å². The molecule has 1 unspecified atom stereocenters. The van der Waals surface area contributed by atoms with Crippen LogP contribution in [0, 0.1) is 5.41 Å². The van der Waals surface area contributed by atoms with E-state index in [-0.39, 0.29) is 4.71 Å². The van der Waals surface area contributed by atoms with Crippen molar-refractivity contribution < 1.29 is 0 Å². The maximum atomic E-state index is 8.14. The third-order valence-electron chi connectivity index (χ3n) is 4.18.